The Morgan fingerprint density at radius 1 is 1.28 bits per heavy atom. The molecule has 1 aromatic heterocycles. The van der Waals surface area contributed by atoms with Gasteiger partial charge in [0.1, 0.15) is 6.54 Å². The van der Waals surface area contributed by atoms with E-state index in [1.165, 1.54) is 18.8 Å². The Morgan fingerprint density at radius 3 is 2.68 bits per heavy atom. The van der Waals surface area contributed by atoms with Gasteiger partial charge in [-0.15, -0.1) is 0 Å². The number of nitrogens with one attached hydrogen (secondary N) is 1. The van der Waals surface area contributed by atoms with Crippen LogP contribution in [0.3, 0.4) is 0 Å². The van der Waals surface area contributed by atoms with E-state index in [-0.39, 0.29) is 24.3 Å². The highest BCUT2D eigenvalue weighted by molar-refractivity contribution is 5.77. The number of hydrogen-bond acceptors (Lipinski definition) is 6. The van der Waals surface area contributed by atoms with Crippen LogP contribution in [0.1, 0.15) is 25.7 Å². The highest BCUT2D eigenvalue weighted by Gasteiger charge is 2.21. The summed E-state index contributed by atoms with van der Waals surface area (Å²) in [7, 11) is 3.06. The van der Waals surface area contributed by atoms with E-state index in [0.29, 0.717) is 17.1 Å². The van der Waals surface area contributed by atoms with Crippen LogP contribution < -0.4 is 20.5 Å². The van der Waals surface area contributed by atoms with Gasteiger partial charge in [-0.2, -0.15) is 0 Å². The molecule has 25 heavy (non-hydrogen) atoms. The molecule has 1 aliphatic rings. The van der Waals surface area contributed by atoms with E-state index in [4.69, 9.17) is 14.0 Å². The van der Waals surface area contributed by atoms with Crippen LogP contribution in [0.2, 0.25) is 0 Å². The quantitative estimate of drug-likeness (QED) is 0.852. The molecular formula is C17H21N3O5. The van der Waals surface area contributed by atoms with Crippen molar-refractivity contribution in [3.8, 4) is 22.9 Å². The summed E-state index contributed by atoms with van der Waals surface area (Å²) in [6.07, 6.45) is 4.20. The first-order chi connectivity index (χ1) is 12.1. The summed E-state index contributed by atoms with van der Waals surface area (Å²) in [5, 5.41) is 6.75. The van der Waals surface area contributed by atoms with Gasteiger partial charge in [0.2, 0.25) is 5.91 Å². The number of ether oxygens (including phenoxy) is 2. The largest absolute Gasteiger partial charge is 0.493 e. The minimum atomic E-state index is -0.675. The van der Waals surface area contributed by atoms with Crippen LogP contribution in [0.15, 0.2) is 27.5 Å². The number of nitrogens with zero attached hydrogens (tertiary/aromatic N) is 2. The third-order valence-corrected chi connectivity index (χ3v) is 4.35. The minimum Gasteiger partial charge on any atom is -0.493 e. The highest BCUT2D eigenvalue weighted by atomic mass is 16.5. The van der Waals surface area contributed by atoms with E-state index < -0.39 is 5.76 Å². The fraction of sp³-hybridized carbons (Fsp3) is 0.471. The number of methoxy groups -OCH3 is 2. The van der Waals surface area contributed by atoms with Crippen molar-refractivity contribution < 1.29 is 18.8 Å². The zero-order chi connectivity index (χ0) is 17.8. The third-order valence-electron chi connectivity index (χ3n) is 4.35. The molecule has 0 saturated heterocycles. The average molecular weight is 347 g/mol. The van der Waals surface area contributed by atoms with Crippen molar-refractivity contribution in [2.75, 3.05) is 14.2 Å². The van der Waals surface area contributed by atoms with Gasteiger partial charge in [0, 0.05) is 11.6 Å². The summed E-state index contributed by atoms with van der Waals surface area (Å²) in [6.45, 7) is -0.136. The maximum Gasteiger partial charge on any atom is 0.442 e. The summed E-state index contributed by atoms with van der Waals surface area (Å²) in [4.78, 5) is 24.2. The third kappa shape index (κ3) is 3.67. The summed E-state index contributed by atoms with van der Waals surface area (Å²) in [6, 6.07) is 5.30. The monoisotopic (exact) mass is 347 g/mol. The van der Waals surface area contributed by atoms with Crippen molar-refractivity contribution in [3.63, 3.8) is 0 Å². The van der Waals surface area contributed by atoms with Crippen LogP contribution in [0.4, 0.5) is 0 Å². The Kier molecular flexibility index (Phi) is 5.06. The fourth-order valence-electron chi connectivity index (χ4n) is 3.08. The molecule has 1 fully saturated rings. The molecule has 8 heteroatoms. The van der Waals surface area contributed by atoms with Crippen molar-refractivity contribution >= 4 is 5.91 Å². The van der Waals surface area contributed by atoms with Crippen LogP contribution >= 0.6 is 0 Å². The molecule has 1 aliphatic carbocycles. The Morgan fingerprint density at radius 2 is 2.00 bits per heavy atom. The van der Waals surface area contributed by atoms with Gasteiger partial charge >= 0.3 is 5.76 Å². The molecule has 0 atom stereocenters. The second kappa shape index (κ2) is 7.42. The van der Waals surface area contributed by atoms with Crippen molar-refractivity contribution in [2.24, 2.45) is 0 Å². The lowest BCUT2D eigenvalue weighted by molar-refractivity contribution is -0.122. The molecule has 1 saturated carbocycles. The second-order valence-electron chi connectivity index (χ2n) is 5.98. The van der Waals surface area contributed by atoms with E-state index >= 15 is 0 Å². The van der Waals surface area contributed by atoms with Gasteiger partial charge in [-0.3, -0.25) is 9.32 Å². The zero-order valence-electron chi connectivity index (χ0n) is 14.3. The summed E-state index contributed by atoms with van der Waals surface area (Å²) >= 11 is 0. The van der Waals surface area contributed by atoms with Crippen molar-refractivity contribution in [1.29, 1.82) is 0 Å². The predicted molar refractivity (Wildman–Crippen MR) is 89.7 cm³/mol. The number of amides is 1. The lowest BCUT2D eigenvalue weighted by Crippen LogP contribution is -2.37. The molecule has 1 amide bonds. The van der Waals surface area contributed by atoms with Crippen LogP contribution in [-0.2, 0) is 11.3 Å². The number of carbonyl (C=O) groups excluding carboxylic acids is 1. The first kappa shape index (κ1) is 17.1. The van der Waals surface area contributed by atoms with Crippen LogP contribution in [0.25, 0.3) is 11.4 Å². The highest BCUT2D eigenvalue weighted by Crippen LogP contribution is 2.31. The fourth-order valence-corrected chi connectivity index (χ4v) is 3.08. The van der Waals surface area contributed by atoms with Gasteiger partial charge in [-0.1, -0.05) is 18.0 Å². The van der Waals surface area contributed by atoms with Crippen LogP contribution in [0.5, 0.6) is 11.5 Å². The molecule has 0 aliphatic heterocycles. The van der Waals surface area contributed by atoms with Crippen molar-refractivity contribution in [1.82, 2.24) is 15.0 Å². The average Bonchev–Trinajstić information content (AvgIpc) is 3.25. The normalized spacial score (nSPS) is 14.5. The first-order valence-corrected chi connectivity index (χ1v) is 8.20. The molecule has 1 aromatic carbocycles. The molecule has 0 bridgehead atoms. The summed E-state index contributed by atoms with van der Waals surface area (Å²) < 4.78 is 16.4. The van der Waals surface area contributed by atoms with Gasteiger partial charge in [-0.25, -0.2) is 9.36 Å². The standard InChI is InChI=1S/C17H21N3O5/c1-23-13-8-7-11(9-14(13)24-2)16-19-25-17(22)20(16)10-15(21)18-12-5-3-4-6-12/h7-9,12H,3-6,10H2,1-2H3,(H,18,21). The number of carbonyl (C=O) groups is 1. The predicted octanol–water partition coefficient (Wildman–Crippen LogP) is 1.58. The number of hydrogen-bond donors (Lipinski definition) is 1. The molecule has 0 unspecified atom stereocenters. The maximum absolute atomic E-state index is 12.2. The van der Waals surface area contributed by atoms with E-state index in [0.717, 1.165) is 25.7 Å². The van der Waals surface area contributed by atoms with Crippen LogP contribution in [-0.4, -0.2) is 35.9 Å². The molecule has 1 N–H and O–H groups in total. The minimum absolute atomic E-state index is 0.136. The molecule has 0 spiro atoms. The number of rotatable bonds is 6. The molecule has 0 radical (unpaired) electrons. The number of aromatic nitrogens is 2. The lowest BCUT2D eigenvalue weighted by Gasteiger charge is -2.12. The Hall–Kier alpha value is -2.77. The molecule has 3 rings (SSSR count). The molecule has 8 nitrogen and oxygen atoms in total. The van der Waals surface area contributed by atoms with Gasteiger partial charge < -0.3 is 14.8 Å². The van der Waals surface area contributed by atoms with E-state index in [2.05, 4.69) is 10.5 Å². The Bertz CT molecular complexity index is 805. The first-order valence-electron chi connectivity index (χ1n) is 8.20. The lowest BCUT2D eigenvalue weighted by atomic mass is 10.2. The number of benzene rings is 1. The maximum atomic E-state index is 12.2. The Balaban J connectivity index is 1.84. The van der Waals surface area contributed by atoms with Gasteiger partial charge in [0.25, 0.3) is 0 Å². The van der Waals surface area contributed by atoms with Crippen LogP contribution in [0, 0.1) is 0 Å². The van der Waals surface area contributed by atoms with Gasteiger partial charge in [0.15, 0.2) is 17.3 Å². The molecule has 1 heterocycles. The molecule has 134 valence electrons. The van der Waals surface area contributed by atoms with Crippen molar-refractivity contribution in [3.05, 3.63) is 28.7 Å². The summed E-state index contributed by atoms with van der Waals surface area (Å²) in [5.41, 5.74) is 0.595. The summed E-state index contributed by atoms with van der Waals surface area (Å²) in [5.74, 6) is 0.429. The molecular weight excluding hydrogens is 326 g/mol. The van der Waals surface area contributed by atoms with Gasteiger partial charge in [-0.05, 0) is 31.0 Å². The van der Waals surface area contributed by atoms with E-state index in [1.54, 1.807) is 18.2 Å². The Labute approximate surface area is 144 Å². The SMILES string of the molecule is COc1ccc(-c2noc(=O)n2CC(=O)NC2CCCC2)cc1OC. The molecule has 2 aromatic rings. The van der Waals surface area contributed by atoms with Gasteiger partial charge in [0.05, 0.1) is 14.2 Å². The topological polar surface area (TPSA) is 95.6 Å². The smallest absolute Gasteiger partial charge is 0.442 e. The van der Waals surface area contributed by atoms with E-state index in [1.807, 2.05) is 0 Å². The van der Waals surface area contributed by atoms with Crippen molar-refractivity contribution in [2.45, 2.75) is 38.3 Å². The van der Waals surface area contributed by atoms with E-state index in [9.17, 15) is 9.59 Å². The second-order valence-corrected chi connectivity index (χ2v) is 5.98. The zero-order valence-corrected chi connectivity index (χ0v) is 14.3.